The first-order valence-electron chi connectivity index (χ1n) is 6.24. The van der Waals surface area contributed by atoms with E-state index in [1.807, 2.05) is 6.20 Å². The van der Waals surface area contributed by atoms with Gasteiger partial charge in [0.1, 0.15) is 4.64 Å². The van der Waals surface area contributed by atoms with Gasteiger partial charge in [-0.15, -0.1) is 0 Å². The molecule has 1 aliphatic rings. The molecule has 1 fully saturated rings. The van der Waals surface area contributed by atoms with Crippen LogP contribution in [0, 0.1) is 4.64 Å². The van der Waals surface area contributed by atoms with Gasteiger partial charge in [-0.25, -0.2) is 0 Å². The fourth-order valence-corrected chi connectivity index (χ4v) is 2.87. The fraction of sp³-hybridized carbons (Fsp3) is 0.615. The average molecular weight is 236 g/mol. The van der Waals surface area contributed by atoms with Crippen LogP contribution in [0.4, 0.5) is 0 Å². The molecule has 1 aromatic heterocycles. The lowest BCUT2D eigenvalue weighted by Gasteiger charge is -2.35. The first-order chi connectivity index (χ1) is 7.83. The van der Waals surface area contributed by atoms with Gasteiger partial charge in [0.25, 0.3) is 0 Å². The summed E-state index contributed by atoms with van der Waals surface area (Å²) in [6.07, 6.45) is 7.05. The minimum atomic E-state index is 0.540. The van der Waals surface area contributed by atoms with E-state index in [2.05, 4.69) is 28.9 Å². The zero-order chi connectivity index (χ0) is 11.4. The van der Waals surface area contributed by atoms with Gasteiger partial charge in [-0.1, -0.05) is 31.6 Å². The molecule has 1 saturated heterocycles. The molecule has 2 rings (SSSR count). The number of aromatic nitrogens is 1. The highest BCUT2D eigenvalue weighted by atomic mass is 32.1. The number of piperidine rings is 1. The van der Waals surface area contributed by atoms with Crippen LogP contribution in [0.25, 0.3) is 0 Å². The van der Waals surface area contributed by atoms with Crippen LogP contribution in [0.3, 0.4) is 0 Å². The van der Waals surface area contributed by atoms with Crippen molar-refractivity contribution < 1.29 is 0 Å². The molecule has 0 amide bonds. The number of hydrogen-bond donors (Lipinski definition) is 1. The number of H-pyrrole nitrogens is 1. The Bertz CT molecular complexity index is 384. The Kier molecular flexibility index (Phi) is 4.13. The van der Waals surface area contributed by atoms with Crippen molar-refractivity contribution in [1.29, 1.82) is 0 Å². The molecule has 2 heterocycles. The molecule has 0 aliphatic carbocycles. The molecule has 1 aliphatic heterocycles. The van der Waals surface area contributed by atoms with Crippen LogP contribution in [0.5, 0.6) is 0 Å². The smallest absolute Gasteiger partial charge is 0.108 e. The fourth-order valence-electron chi connectivity index (χ4n) is 2.60. The molecule has 3 heteroatoms. The molecule has 1 unspecified atom stereocenters. The van der Waals surface area contributed by atoms with Crippen molar-refractivity contribution in [2.75, 3.05) is 13.1 Å². The van der Waals surface area contributed by atoms with Crippen molar-refractivity contribution in [3.63, 3.8) is 0 Å². The number of nitrogens with one attached hydrogen (secondary N) is 1. The quantitative estimate of drug-likeness (QED) is 0.807. The molecule has 0 aromatic carbocycles. The second-order valence-electron chi connectivity index (χ2n) is 4.50. The molecule has 2 nitrogen and oxygen atoms in total. The van der Waals surface area contributed by atoms with Gasteiger partial charge in [-0.3, -0.25) is 4.90 Å². The second-order valence-corrected chi connectivity index (χ2v) is 4.91. The third-order valence-corrected chi connectivity index (χ3v) is 3.69. The summed E-state index contributed by atoms with van der Waals surface area (Å²) in [7, 11) is 0. The number of pyridine rings is 1. The van der Waals surface area contributed by atoms with Gasteiger partial charge in [0, 0.05) is 17.8 Å². The molecule has 0 saturated carbocycles. The topological polar surface area (TPSA) is 19.0 Å². The molecule has 0 spiro atoms. The van der Waals surface area contributed by atoms with Crippen LogP contribution in [-0.2, 0) is 0 Å². The summed E-state index contributed by atoms with van der Waals surface area (Å²) in [6.45, 7) is 4.66. The first-order valence-corrected chi connectivity index (χ1v) is 6.65. The van der Waals surface area contributed by atoms with E-state index in [-0.39, 0.29) is 0 Å². The summed E-state index contributed by atoms with van der Waals surface area (Å²) >= 11 is 5.39. The summed E-state index contributed by atoms with van der Waals surface area (Å²) < 4.78 is 0.913. The minimum Gasteiger partial charge on any atom is -0.353 e. The van der Waals surface area contributed by atoms with Gasteiger partial charge in [0.15, 0.2) is 0 Å². The Labute approximate surface area is 103 Å². The van der Waals surface area contributed by atoms with E-state index in [0.717, 1.165) is 4.64 Å². The van der Waals surface area contributed by atoms with Crippen LogP contribution >= 0.6 is 12.2 Å². The van der Waals surface area contributed by atoms with Crippen LogP contribution in [0.2, 0.25) is 0 Å². The molecule has 88 valence electrons. The van der Waals surface area contributed by atoms with Crippen LogP contribution in [0.15, 0.2) is 18.3 Å². The number of hydrogen-bond acceptors (Lipinski definition) is 2. The Morgan fingerprint density at radius 1 is 1.50 bits per heavy atom. The monoisotopic (exact) mass is 236 g/mol. The largest absolute Gasteiger partial charge is 0.353 e. The van der Waals surface area contributed by atoms with Crippen LogP contribution < -0.4 is 0 Å². The summed E-state index contributed by atoms with van der Waals surface area (Å²) in [4.78, 5) is 5.73. The maximum Gasteiger partial charge on any atom is 0.108 e. The molecule has 1 atom stereocenters. The van der Waals surface area contributed by atoms with Crippen molar-refractivity contribution in [2.45, 2.75) is 38.6 Å². The highest BCUT2D eigenvalue weighted by Gasteiger charge is 2.23. The highest BCUT2D eigenvalue weighted by Crippen LogP contribution is 2.30. The summed E-state index contributed by atoms with van der Waals surface area (Å²) in [5.41, 5.74) is 1.31. The molecule has 1 aromatic rings. The van der Waals surface area contributed by atoms with Gasteiger partial charge in [-0.2, -0.15) is 0 Å². The molecule has 1 N–H and O–H groups in total. The molecule has 16 heavy (non-hydrogen) atoms. The number of aromatic amines is 1. The second kappa shape index (κ2) is 5.60. The van der Waals surface area contributed by atoms with E-state index in [4.69, 9.17) is 12.2 Å². The lowest BCUT2D eigenvalue weighted by Crippen LogP contribution is -2.34. The van der Waals surface area contributed by atoms with E-state index < -0.39 is 0 Å². The van der Waals surface area contributed by atoms with E-state index in [0.29, 0.717) is 6.04 Å². The number of likely N-dealkylation sites (tertiary alicyclic amines) is 1. The molecular formula is C13H20N2S. The lowest BCUT2D eigenvalue weighted by atomic mass is 9.96. The minimum absolute atomic E-state index is 0.540. The zero-order valence-corrected chi connectivity index (χ0v) is 10.7. The van der Waals surface area contributed by atoms with Gasteiger partial charge in [-0.05, 0) is 38.4 Å². The van der Waals surface area contributed by atoms with E-state index >= 15 is 0 Å². The first kappa shape index (κ1) is 11.8. The van der Waals surface area contributed by atoms with Gasteiger partial charge in [0.2, 0.25) is 0 Å². The van der Waals surface area contributed by atoms with Crippen molar-refractivity contribution in [1.82, 2.24) is 9.88 Å². The Balaban J connectivity index is 2.23. The summed E-state index contributed by atoms with van der Waals surface area (Å²) in [6, 6.07) is 4.78. The zero-order valence-electron chi connectivity index (χ0n) is 9.91. The van der Waals surface area contributed by atoms with Crippen LogP contribution in [-0.4, -0.2) is 23.0 Å². The van der Waals surface area contributed by atoms with E-state index in [9.17, 15) is 0 Å². The summed E-state index contributed by atoms with van der Waals surface area (Å²) in [5, 5.41) is 0. The van der Waals surface area contributed by atoms with Crippen LogP contribution in [0.1, 0.15) is 44.2 Å². The maximum atomic E-state index is 5.39. The highest BCUT2D eigenvalue weighted by molar-refractivity contribution is 7.71. The number of nitrogens with zero attached hydrogens (tertiary/aromatic N) is 1. The Hall–Kier alpha value is -0.670. The standard InChI is InChI=1S/C13H20N2S/c1-2-9-15-10-4-3-7-12(15)11-6-5-8-14-13(11)16/h5-6,8,12H,2-4,7,9-10H2,1H3,(H,14,16). The SMILES string of the molecule is CCCN1CCCCC1c1ccc[nH]c1=S. The predicted molar refractivity (Wildman–Crippen MR) is 70.1 cm³/mol. The Morgan fingerprint density at radius 2 is 2.38 bits per heavy atom. The summed E-state index contributed by atoms with van der Waals surface area (Å²) in [5.74, 6) is 0. The lowest BCUT2D eigenvalue weighted by molar-refractivity contribution is 0.148. The van der Waals surface area contributed by atoms with Gasteiger partial charge < -0.3 is 4.98 Å². The third-order valence-electron chi connectivity index (χ3n) is 3.33. The average Bonchev–Trinajstić information content (AvgIpc) is 2.31. The number of rotatable bonds is 3. The van der Waals surface area contributed by atoms with Gasteiger partial charge in [0.05, 0.1) is 0 Å². The predicted octanol–water partition coefficient (Wildman–Crippen LogP) is 3.68. The van der Waals surface area contributed by atoms with E-state index in [1.54, 1.807) is 0 Å². The Morgan fingerprint density at radius 3 is 3.12 bits per heavy atom. The van der Waals surface area contributed by atoms with Crippen molar-refractivity contribution in [3.8, 4) is 0 Å². The molecule has 0 bridgehead atoms. The molecular weight excluding hydrogens is 216 g/mol. The van der Waals surface area contributed by atoms with Crippen molar-refractivity contribution >= 4 is 12.2 Å². The maximum absolute atomic E-state index is 5.39. The van der Waals surface area contributed by atoms with Crippen molar-refractivity contribution in [2.24, 2.45) is 0 Å². The van der Waals surface area contributed by atoms with E-state index in [1.165, 1.54) is 44.3 Å². The molecule has 0 radical (unpaired) electrons. The normalized spacial score (nSPS) is 22.2. The van der Waals surface area contributed by atoms with Gasteiger partial charge >= 0.3 is 0 Å². The van der Waals surface area contributed by atoms with Crippen molar-refractivity contribution in [3.05, 3.63) is 28.5 Å². The third kappa shape index (κ3) is 2.53.